The van der Waals surface area contributed by atoms with Crippen molar-refractivity contribution in [1.82, 2.24) is 9.80 Å². The molecule has 1 fully saturated rings. The summed E-state index contributed by atoms with van der Waals surface area (Å²) in [5.41, 5.74) is 6.05. The molecule has 0 saturated carbocycles. The Bertz CT molecular complexity index is 293. The van der Waals surface area contributed by atoms with E-state index in [1.807, 2.05) is 25.7 Å². The highest BCUT2D eigenvalue weighted by Crippen LogP contribution is 2.21. The molecule has 1 heterocycles. The van der Waals surface area contributed by atoms with Crippen molar-refractivity contribution in [2.45, 2.75) is 53.1 Å². The van der Waals surface area contributed by atoms with Crippen LogP contribution in [0.25, 0.3) is 0 Å². The number of carbonyl (C=O) groups excluding carboxylic acids is 1. The minimum atomic E-state index is -0.404. The smallest absolute Gasteiger partial charge is 0.240 e. The minimum absolute atomic E-state index is 0.0936. The van der Waals surface area contributed by atoms with Gasteiger partial charge in [0.05, 0.1) is 6.04 Å². The molecule has 1 amide bonds. The highest BCUT2D eigenvalue weighted by Gasteiger charge is 2.34. The second-order valence-corrected chi connectivity index (χ2v) is 7.33. The molecule has 0 aromatic rings. The summed E-state index contributed by atoms with van der Waals surface area (Å²) in [7, 11) is 0. The van der Waals surface area contributed by atoms with Gasteiger partial charge >= 0.3 is 0 Å². The van der Waals surface area contributed by atoms with Crippen molar-refractivity contribution in [1.29, 1.82) is 0 Å². The molecule has 4 nitrogen and oxygen atoms in total. The molecule has 2 N–H and O–H groups in total. The van der Waals surface area contributed by atoms with Gasteiger partial charge in [-0.15, -0.1) is 0 Å². The zero-order valence-electron chi connectivity index (χ0n) is 12.8. The van der Waals surface area contributed by atoms with E-state index in [0.29, 0.717) is 0 Å². The van der Waals surface area contributed by atoms with E-state index in [1.54, 1.807) is 0 Å². The van der Waals surface area contributed by atoms with Crippen LogP contribution in [0.2, 0.25) is 0 Å². The molecule has 1 aliphatic heterocycles. The van der Waals surface area contributed by atoms with Gasteiger partial charge in [-0.3, -0.25) is 9.69 Å². The molecule has 4 heteroatoms. The number of hydrogen-bond donors (Lipinski definition) is 1. The quantitative estimate of drug-likeness (QED) is 0.768. The van der Waals surface area contributed by atoms with E-state index in [2.05, 4.69) is 25.7 Å². The number of rotatable bonds is 1. The third-order valence-electron chi connectivity index (χ3n) is 3.74. The average Bonchev–Trinajstić information content (AvgIpc) is 2.25. The number of nitrogens with zero attached hydrogens (tertiary/aromatic N) is 2. The molecule has 0 aliphatic carbocycles. The fourth-order valence-electron chi connectivity index (χ4n) is 2.16. The van der Waals surface area contributed by atoms with Crippen LogP contribution in [0, 0.1) is 5.41 Å². The lowest BCUT2D eigenvalue weighted by molar-refractivity contribution is -0.137. The Balaban J connectivity index is 2.56. The van der Waals surface area contributed by atoms with Gasteiger partial charge in [0.1, 0.15) is 0 Å². The van der Waals surface area contributed by atoms with Crippen LogP contribution in [0.4, 0.5) is 0 Å². The molecule has 106 valence electrons. The molecule has 1 saturated heterocycles. The Labute approximate surface area is 111 Å². The van der Waals surface area contributed by atoms with Gasteiger partial charge in [0.2, 0.25) is 5.91 Å². The lowest BCUT2D eigenvalue weighted by atomic mass is 9.86. The third kappa shape index (κ3) is 3.69. The first-order valence-corrected chi connectivity index (χ1v) is 6.83. The van der Waals surface area contributed by atoms with Gasteiger partial charge in [0.15, 0.2) is 0 Å². The maximum absolute atomic E-state index is 12.3. The fourth-order valence-corrected chi connectivity index (χ4v) is 2.16. The summed E-state index contributed by atoms with van der Waals surface area (Å²) in [4.78, 5) is 16.6. The lowest BCUT2D eigenvalue weighted by Crippen LogP contribution is -2.58. The predicted octanol–water partition coefficient (Wildman–Crippen LogP) is 1.30. The molecule has 0 unspecified atom stereocenters. The van der Waals surface area contributed by atoms with Gasteiger partial charge in [0, 0.05) is 31.7 Å². The van der Waals surface area contributed by atoms with Crippen LogP contribution in [0.3, 0.4) is 0 Å². The average molecular weight is 255 g/mol. The van der Waals surface area contributed by atoms with Crippen LogP contribution in [-0.2, 0) is 4.79 Å². The summed E-state index contributed by atoms with van der Waals surface area (Å²) < 4.78 is 0. The van der Waals surface area contributed by atoms with Gasteiger partial charge in [0.25, 0.3) is 0 Å². The van der Waals surface area contributed by atoms with Crippen LogP contribution in [0.1, 0.15) is 41.5 Å². The highest BCUT2D eigenvalue weighted by molar-refractivity contribution is 5.82. The Kier molecular flexibility index (Phi) is 4.44. The van der Waals surface area contributed by atoms with Gasteiger partial charge in [-0.2, -0.15) is 0 Å². The zero-order chi connectivity index (χ0) is 14.1. The molecular weight excluding hydrogens is 226 g/mol. The summed E-state index contributed by atoms with van der Waals surface area (Å²) in [6.07, 6.45) is 0. The van der Waals surface area contributed by atoms with E-state index < -0.39 is 6.04 Å². The van der Waals surface area contributed by atoms with Crippen LogP contribution in [0.5, 0.6) is 0 Å². The van der Waals surface area contributed by atoms with E-state index in [0.717, 1.165) is 26.2 Å². The topological polar surface area (TPSA) is 49.6 Å². The number of hydrogen-bond acceptors (Lipinski definition) is 3. The van der Waals surface area contributed by atoms with Gasteiger partial charge < -0.3 is 10.6 Å². The molecular formula is C14H29N3O. The van der Waals surface area contributed by atoms with Crippen molar-refractivity contribution in [3.63, 3.8) is 0 Å². The zero-order valence-corrected chi connectivity index (χ0v) is 12.8. The number of amides is 1. The Morgan fingerprint density at radius 1 is 1.00 bits per heavy atom. The Morgan fingerprint density at radius 2 is 1.44 bits per heavy atom. The fraction of sp³-hybridized carbons (Fsp3) is 0.929. The number of carbonyl (C=O) groups is 1. The summed E-state index contributed by atoms with van der Waals surface area (Å²) in [5, 5.41) is 0. The molecule has 0 radical (unpaired) electrons. The molecule has 0 aromatic carbocycles. The van der Waals surface area contributed by atoms with Gasteiger partial charge in [-0.25, -0.2) is 0 Å². The normalized spacial score (nSPS) is 20.9. The van der Waals surface area contributed by atoms with Crippen LogP contribution in [-0.4, -0.2) is 53.5 Å². The summed E-state index contributed by atoms with van der Waals surface area (Å²) in [6, 6.07) is -0.404. The van der Waals surface area contributed by atoms with Crippen LogP contribution >= 0.6 is 0 Å². The summed E-state index contributed by atoms with van der Waals surface area (Å²) in [5.74, 6) is 0.0936. The third-order valence-corrected chi connectivity index (χ3v) is 3.74. The second-order valence-electron chi connectivity index (χ2n) is 7.33. The van der Waals surface area contributed by atoms with Crippen molar-refractivity contribution in [2.75, 3.05) is 26.2 Å². The highest BCUT2D eigenvalue weighted by atomic mass is 16.2. The minimum Gasteiger partial charge on any atom is -0.339 e. The van der Waals surface area contributed by atoms with Crippen molar-refractivity contribution < 1.29 is 4.79 Å². The Hall–Kier alpha value is -0.610. The van der Waals surface area contributed by atoms with E-state index in [1.165, 1.54) is 0 Å². The SMILES string of the molecule is CC(C)(C)[C@@H](N)C(=O)N1CCN(C(C)(C)C)CC1. The molecule has 1 aliphatic rings. The number of piperazine rings is 1. The van der Waals surface area contributed by atoms with Crippen molar-refractivity contribution in [3.8, 4) is 0 Å². The maximum Gasteiger partial charge on any atom is 0.240 e. The van der Waals surface area contributed by atoms with E-state index >= 15 is 0 Å². The van der Waals surface area contributed by atoms with Crippen molar-refractivity contribution >= 4 is 5.91 Å². The first-order chi connectivity index (χ1) is 8.03. The summed E-state index contributed by atoms with van der Waals surface area (Å²) >= 11 is 0. The standard InChI is InChI=1S/C14H29N3O/c1-13(2,3)11(15)12(18)16-7-9-17(10-8-16)14(4,5)6/h11H,7-10,15H2,1-6H3/t11-/m0/s1. The molecule has 0 bridgehead atoms. The molecule has 1 atom stereocenters. The predicted molar refractivity (Wildman–Crippen MR) is 75.3 cm³/mol. The van der Waals surface area contributed by atoms with Gasteiger partial charge in [-0.05, 0) is 26.2 Å². The van der Waals surface area contributed by atoms with E-state index in [-0.39, 0.29) is 16.9 Å². The molecule has 1 rings (SSSR count). The second kappa shape index (κ2) is 5.17. The molecule has 0 aromatic heterocycles. The first-order valence-electron chi connectivity index (χ1n) is 6.83. The van der Waals surface area contributed by atoms with E-state index in [4.69, 9.17) is 5.73 Å². The molecule has 0 spiro atoms. The summed E-state index contributed by atoms with van der Waals surface area (Å²) in [6.45, 7) is 16.1. The monoisotopic (exact) mass is 255 g/mol. The van der Waals surface area contributed by atoms with Crippen molar-refractivity contribution in [2.24, 2.45) is 11.1 Å². The Morgan fingerprint density at radius 3 is 1.78 bits per heavy atom. The molecule has 18 heavy (non-hydrogen) atoms. The van der Waals surface area contributed by atoms with Crippen LogP contribution in [0.15, 0.2) is 0 Å². The van der Waals surface area contributed by atoms with E-state index in [9.17, 15) is 4.79 Å². The first kappa shape index (κ1) is 15.4. The maximum atomic E-state index is 12.3. The van der Waals surface area contributed by atoms with Gasteiger partial charge in [-0.1, -0.05) is 20.8 Å². The lowest BCUT2D eigenvalue weighted by Gasteiger charge is -2.43. The number of nitrogens with two attached hydrogens (primary N) is 1. The van der Waals surface area contributed by atoms with Crippen molar-refractivity contribution in [3.05, 3.63) is 0 Å². The van der Waals surface area contributed by atoms with Crippen LogP contribution < -0.4 is 5.73 Å². The largest absolute Gasteiger partial charge is 0.339 e.